The average molecular weight is 563 g/mol. The van der Waals surface area contributed by atoms with E-state index in [0.29, 0.717) is 19.3 Å². The van der Waals surface area contributed by atoms with E-state index >= 15 is 0 Å². The van der Waals surface area contributed by atoms with Crippen molar-refractivity contribution in [1.82, 2.24) is 0 Å². The number of rotatable bonds is 2. The summed E-state index contributed by atoms with van der Waals surface area (Å²) in [5.74, 6) is -2.60. The molecule has 14 unspecified atom stereocenters. The number of hydrogen-bond acceptors (Lipinski definition) is 10. The summed E-state index contributed by atoms with van der Waals surface area (Å²) in [6.45, 7) is 6.12. The molecule has 6 fully saturated rings. The molecule has 4 aliphatic carbocycles. The monoisotopic (exact) mass is 562 g/mol. The molecular formula is C30H42O10. The van der Waals surface area contributed by atoms with E-state index in [1.54, 1.807) is 13.0 Å². The third kappa shape index (κ3) is 3.41. The van der Waals surface area contributed by atoms with Gasteiger partial charge in [0.2, 0.25) is 12.1 Å². The fraction of sp³-hybridized carbons (Fsp3) is 0.867. The Morgan fingerprint density at radius 3 is 2.55 bits per heavy atom. The van der Waals surface area contributed by atoms with Crippen molar-refractivity contribution >= 4 is 11.8 Å². The van der Waals surface area contributed by atoms with Crippen LogP contribution in [0.25, 0.3) is 0 Å². The van der Waals surface area contributed by atoms with Crippen LogP contribution in [0.2, 0.25) is 0 Å². The van der Waals surface area contributed by atoms with Crippen LogP contribution in [0.3, 0.4) is 0 Å². The molecule has 0 amide bonds. The Kier molecular flexibility index (Phi) is 6.04. The number of ketones is 1. The first-order chi connectivity index (χ1) is 18.9. The lowest BCUT2D eigenvalue weighted by atomic mass is 9.42. The van der Waals surface area contributed by atoms with E-state index in [0.717, 1.165) is 24.8 Å². The van der Waals surface area contributed by atoms with Crippen LogP contribution in [0.15, 0.2) is 11.6 Å². The minimum Gasteiger partial charge on any atom is -0.458 e. The second-order valence-electron chi connectivity index (χ2n) is 14.1. The van der Waals surface area contributed by atoms with Gasteiger partial charge in [0.25, 0.3) is 0 Å². The molecule has 0 aromatic carbocycles. The van der Waals surface area contributed by atoms with Crippen molar-refractivity contribution in [3.8, 4) is 0 Å². The van der Waals surface area contributed by atoms with Crippen LogP contribution in [0.1, 0.15) is 65.7 Å². The number of fused-ring (bicyclic) bond motifs is 7. The Bertz CT molecular complexity index is 1140. The van der Waals surface area contributed by atoms with Gasteiger partial charge in [-0.15, -0.1) is 0 Å². The quantitative estimate of drug-likeness (QED) is 0.336. The van der Waals surface area contributed by atoms with Crippen molar-refractivity contribution in [2.45, 2.75) is 114 Å². The fourth-order valence-electron chi connectivity index (χ4n) is 10.4. The summed E-state index contributed by atoms with van der Waals surface area (Å²) in [4.78, 5) is 26.1. The van der Waals surface area contributed by atoms with Crippen LogP contribution in [0.5, 0.6) is 0 Å². The second-order valence-corrected chi connectivity index (χ2v) is 14.1. The summed E-state index contributed by atoms with van der Waals surface area (Å²) < 4.78 is 29.2. The number of hydrogen-bond donors (Lipinski definition) is 3. The molecule has 7 rings (SSSR count). The highest BCUT2D eigenvalue weighted by Crippen LogP contribution is 2.69. The van der Waals surface area contributed by atoms with Gasteiger partial charge in [0.05, 0.1) is 23.9 Å². The molecule has 10 nitrogen and oxygen atoms in total. The van der Waals surface area contributed by atoms with Crippen LogP contribution in [-0.2, 0) is 33.3 Å². The van der Waals surface area contributed by atoms with Crippen LogP contribution >= 0.6 is 0 Å². The lowest BCUT2D eigenvalue weighted by molar-refractivity contribution is -0.470. The molecule has 40 heavy (non-hydrogen) atoms. The van der Waals surface area contributed by atoms with Gasteiger partial charge in [-0.3, -0.25) is 4.79 Å². The predicted octanol–water partition coefficient (Wildman–Crippen LogP) is 1.63. The Morgan fingerprint density at radius 1 is 1.07 bits per heavy atom. The molecule has 0 bridgehead atoms. The standard InChI is InChI=1S/C30H42O10/c1-14-24(33)25(36-4)30(35)26(38-14)39-20-10-16-5-6-18-23(27(16,2)12-21(20)40-30)19(31)11-28(3)17(7-8-29(18,28)34)15-9-22(32)37-13-15/h9,14,16-18,20-21,23-26,33-35H,5-8,10-13H2,1-4H3. The van der Waals surface area contributed by atoms with Crippen LogP contribution < -0.4 is 0 Å². The summed E-state index contributed by atoms with van der Waals surface area (Å²) in [5.41, 5.74) is -1.25. The van der Waals surface area contributed by atoms with Crippen molar-refractivity contribution in [3.63, 3.8) is 0 Å². The van der Waals surface area contributed by atoms with Gasteiger partial charge in [0.1, 0.15) is 24.6 Å². The van der Waals surface area contributed by atoms with Gasteiger partial charge in [-0.05, 0) is 74.2 Å². The molecule has 10 heteroatoms. The molecule has 3 heterocycles. The highest BCUT2D eigenvalue weighted by Gasteiger charge is 2.72. The van der Waals surface area contributed by atoms with Gasteiger partial charge >= 0.3 is 5.97 Å². The number of Topliss-reactive ketones (excluding diaryl/α,β-unsaturated/α-hetero) is 1. The molecule has 7 aliphatic rings. The van der Waals surface area contributed by atoms with Crippen molar-refractivity contribution in [1.29, 1.82) is 0 Å². The first-order valence-corrected chi connectivity index (χ1v) is 14.9. The summed E-state index contributed by atoms with van der Waals surface area (Å²) in [6, 6.07) is 0. The van der Waals surface area contributed by atoms with Crippen LogP contribution in [0.4, 0.5) is 0 Å². The van der Waals surface area contributed by atoms with Gasteiger partial charge in [-0.25, -0.2) is 4.79 Å². The number of aliphatic hydroxyl groups excluding tert-OH is 1. The smallest absolute Gasteiger partial charge is 0.331 e. The minimum atomic E-state index is -1.99. The summed E-state index contributed by atoms with van der Waals surface area (Å²) >= 11 is 0. The zero-order valence-electron chi connectivity index (χ0n) is 23.7. The lowest BCUT2D eigenvalue weighted by Crippen LogP contribution is -2.74. The van der Waals surface area contributed by atoms with E-state index in [4.69, 9.17) is 23.7 Å². The van der Waals surface area contributed by atoms with Crippen LogP contribution in [0, 0.1) is 34.5 Å². The van der Waals surface area contributed by atoms with E-state index in [1.165, 1.54) is 7.11 Å². The van der Waals surface area contributed by atoms with Gasteiger partial charge in [-0.1, -0.05) is 13.8 Å². The van der Waals surface area contributed by atoms with Crippen molar-refractivity contribution < 1.29 is 48.6 Å². The highest BCUT2D eigenvalue weighted by atomic mass is 16.8. The van der Waals surface area contributed by atoms with Gasteiger partial charge in [0.15, 0.2) is 0 Å². The summed E-state index contributed by atoms with van der Waals surface area (Å²) in [6.07, 6.45) is 1.17. The molecular weight excluding hydrogens is 520 g/mol. The molecule has 0 spiro atoms. The zero-order valence-corrected chi connectivity index (χ0v) is 23.7. The molecule has 3 aliphatic heterocycles. The van der Waals surface area contributed by atoms with Crippen LogP contribution in [-0.4, -0.2) is 89.0 Å². The Balaban J connectivity index is 1.19. The normalized spacial score (nSPS) is 57.2. The first-order valence-electron chi connectivity index (χ1n) is 14.9. The zero-order chi connectivity index (χ0) is 28.4. The van der Waals surface area contributed by atoms with Crippen molar-refractivity contribution in [3.05, 3.63) is 11.6 Å². The number of esters is 1. The minimum absolute atomic E-state index is 0.0672. The highest BCUT2D eigenvalue weighted by molar-refractivity contribution is 5.86. The Labute approximate surface area is 234 Å². The molecule has 3 N–H and O–H groups in total. The van der Waals surface area contributed by atoms with E-state index < -0.39 is 52.9 Å². The third-order valence-corrected chi connectivity index (χ3v) is 12.4. The van der Waals surface area contributed by atoms with E-state index in [1.807, 2.05) is 6.92 Å². The first kappa shape index (κ1) is 27.4. The number of carbonyl (C=O) groups excluding carboxylic acids is 2. The topological polar surface area (TPSA) is 141 Å². The third-order valence-electron chi connectivity index (χ3n) is 12.4. The maximum Gasteiger partial charge on any atom is 0.331 e. The van der Waals surface area contributed by atoms with Crippen molar-refractivity contribution in [2.24, 2.45) is 34.5 Å². The van der Waals surface area contributed by atoms with Crippen molar-refractivity contribution in [2.75, 3.05) is 13.7 Å². The molecule has 0 aromatic heterocycles. The van der Waals surface area contributed by atoms with E-state index in [9.17, 15) is 24.9 Å². The average Bonchev–Trinajstić information content (AvgIpc) is 3.42. The number of aliphatic hydroxyl groups is 3. The molecule has 0 aromatic rings. The molecule has 0 radical (unpaired) electrons. The lowest BCUT2D eigenvalue weighted by Gasteiger charge is -2.65. The van der Waals surface area contributed by atoms with E-state index in [2.05, 4.69) is 6.92 Å². The fourth-order valence-corrected chi connectivity index (χ4v) is 10.4. The van der Waals surface area contributed by atoms with E-state index in [-0.39, 0.29) is 54.6 Å². The van der Waals surface area contributed by atoms with Gasteiger partial charge in [0, 0.05) is 30.9 Å². The maximum absolute atomic E-state index is 14.2. The Hall–Kier alpha value is -1.40. The SMILES string of the molecule is COC1C(O)C(C)OC2OC3CC4CCC5C(C(=O)CC6(C)C(C7=CC(=O)OC7)CCC56O)C4(C)CC3OC21O. The predicted molar refractivity (Wildman–Crippen MR) is 137 cm³/mol. The second kappa shape index (κ2) is 8.81. The van der Waals surface area contributed by atoms with Gasteiger partial charge in [-0.2, -0.15) is 0 Å². The summed E-state index contributed by atoms with van der Waals surface area (Å²) in [5, 5.41) is 34.7. The molecule has 222 valence electrons. The number of cyclic esters (lactones) is 1. The Morgan fingerprint density at radius 2 is 1.85 bits per heavy atom. The molecule has 2 saturated heterocycles. The maximum atomic E-state index is 14.2. The largest absolute Gasteiger partial charge is 0.458 e. The van der Waals surface area contributed by atoms with Gasteiger partial charge < -0.3 is 39.0 Å². The molecule has 4 saturated carbocycles. The molecule has 14 atom stereocenters. The summed E-state index contributed by atoms with van der Waals surface area (Å²) in [7, 11) is 1.41. The number of carbonyl (C=O) groups is 2. The number of methoxy groups -OCH3 is 1. The number of ether oxygens (including phenoxy) is 5.